The minimum atomic E-state index is -0.210. The summed E-state index contributed by atoms with van der Waals surface area (Å²) in [6.07, 6.45) is 4.65. The first-order valence-corrected chi connectivity index (χ1v) is 9.66. The van der Waals surface area contributed by atoms with E-state index in [0.717, 1.165) is 84.2 Å². The molecule has 0 radical (unpaired) electrons. The second-order valence-electron chi connectivity index (χ2n) is 7.02. The monoisotopic (exact) mass is 482 g/mol. The maximum absolute atomic E-state index is 11.2. The van der Waals surface area contributed by atoms with Crippen LogP contribution < -0.4 is 11.1 Å². The third-order valence-electron chi connectivity index (χ3n) is 4.73. The van der Waals surface area contributed by atoms with Crippen LogP contribution in [0.25, 0.3) is 0 Å². The number of hydrogen-bond acceptors (Lipinski definition) is 4. The average Bonchev–Trinajstić information content (AvgIpc) is 3.10. The number of hydrogen-bond donors (Lipinski definition) is 2. The second kappa shape index (κ2) is 13.5. The standard InChI is InChI=1S/C18H34N4O3.HI/c1-2-20-18(22-8-3-5-15(12-22)11-17(19)23)21-7-4-9-24-13-16-6-10-25-14-16;/h15-16H,2-14H2,1H3,(H2,19,23)(H,20,21);1H. The Morgan fingerprint density at radius 3 is 2.92 bits per heavy atom. The highest BCUT2D eigenvalue weighted by atomic mass is 127. The van der Waals surface area contributed by atoms with Crippen molar-refractivity contribution in [2.24, 2.45) is 22.6 Å². The molecule has 0 spiro atoms. The molecular formula is C18H35IN4O3. The average molecular weight is 482 g/mol. The molecule has 2 atom stereocenters. The van der Waals surface area contributed by atoms with Gasteiger partial charge in [0.2, 0.25) is 5.91 Å². The van der Waals surface area contributed by atoms with Crippen molar-refractivity contribution >= 4 is 35.8 Å². The Balaban J connectivity index is 0.00000338. The molecule has 0 saturated carbocycles. The number of piperidine rings is 1. The maximum atomic E-state index is 11.2. The number of ether oxygens (including phenoxy) is 2. The fraction of sp³-hybridized carbons (Fsp3) is 0.889. The van der Waals surface area contributed by atoms with Gasteiger partial charge in [0.25, 0.3) is 0 Å². The van der Waals surface area contributed by atoms with E-state index in [9.17, 15) is 4.79 Å². The number of halogens is 1. The summed E-state index contributed by atoms with van der Waals surface area (Å²) in [4.78, 5) is 18.2. The Morgan fingerprint density at radius 1 is 1.38 bits per heavy atom. The van der Waals surface area contributed by atoms with Gasteiger partial charge in [0.15, 0.2) is 5.96 Å². The molecule has 0 aromatic rings. The lowest BCUT2D eigenvalue weighted by molar-refractivity contribution is -0.119. The van der Waals surface area contributed by atoms with Gasteiger partial charge in [0.1, 0.15) is 0 Å². The van der Waals surface area contributed by atoms with E-state index < -0.39 is 0 Å². The minimum Gasteiger partial charge on any atom is -0.381 e. The van der Waals surface area contributed by atoms with E-state index in [-0.39, 0.29) is 29.9 Å². The fourth-order valence-corrected chi connectivity index (χ4v) is 3.45. The summed E-state index contributed by atoms with van der Waals surface area (Å²) in [6.45, 7) is 8.75. The molecule has 0 aromatic heterocycles. The Bertz CT molecular complexity index is 431. The van der Waals surface area contributed by atoms with E-state index >= 15 is 0 Å². The van der Waals surface area contributed by atoms with Crippen LogP contribution in [-0.2, 0) is 14.3 Å². The number of carbonyl (C=O) groups excluding carboxylic acids is 1. The third-order valence-corrected chi connectivity index (χ3v) is 4.73. The van der Waals surface area contributed by atoms with Gasteiger partial charge in [-0.25, -0.2) is 0 Å². The van der Waals surface area contributed by atoms with Crippen LogP contribution in [0.15, 0.2) is 4.99 Å². The number of nitrogens with two attached hydrogens (primary N) is 1. The lowest BCUT2D eigenvalue weighted by Gasteiger charge is -2.34. The first-order chi connectivity index (χ1) is 12.2. The van der Waals surface area contributed by atoms with Gasteiger partial charge in [-0.15, -0.1) is 24.0 Å². The summed E-state index contributed by atoms with van der Waals surface area (Å²) in [5.41, 5.74) is 5.35. The number of nitrogens with zero attached hydrogens (tertiary/aromatic N) is 2. The van der Waals surface area contributed by atoms with Gasteiger partial charge >= 0.3 is 0 Å². The molecule has 3 N–H and O–H groups in total. The SMILES string of the molecule is CCNC(=NCCCOCC1CCOC1)N1CCCC(CC(N)=O)C1.I. The van der Waals surface area contributed by atoms with Crippen LogP contribution in [0.5, 0.6) is 0 Å². The molecule has 0 aromatic carbocycles. The molecule has 7 nitrogen and oxygen atoms in total. The second-order valence-corrected chi connectivity index (χ2v) is 7.02. The summed E-state index contributed by atoms with van der Waals surface area (Å²) in [7, 11) is 0. The normalized spacial score (nSPS) is 23.6. The lowest BCUT2D eigenvalue weighted by atomic mass is 9.95. The molecule has 2 unspecified atom stereocenters. The summed E-state index contributed by atoms with van der Waals surface area (Å²) >= 11 is 0. The minimum absolute atomic E-state index is 0. The topological polar surface area (TPSA) is 89.2 Å². The molecule has 152 valence electrons. The zero-order valence-electron chi connectivity index (χ0n) is 16.0. The first kappa shape index (κ1) is 23.4. The van der Waals surface area contributed by atoms with Crippen LogP contribution in [0.1, 0.15) is 39.0 Å². The van der Waals surface area contributed by atoms with E-state index in [0.29, 0.717) is 18.3 Å². The van der Waals surface area contributed by atoms with Crippen LogP contribution in [0.2, 0.25) is 0 Å². The van der Waals surface area contributed by atoms with Crippen molar-refractivity contribution in [3.05, 3.63) is 0 Å². The Labute approximate surface area is 174 Å². The number of primary amides is 1. The highest BCUT2D eigenvalue weighted by Crippen LogP contribution is 2.19. The van der Waals surface area contributed by atoms with Gasteiger partial charge in [0.05, 0.1) is 13.2 Å². The zero-order chi connectivity index (χ0) is 17.9. The van der Waals surface area contributed by atoms with Gasteiger partial charge in [0, 0.05) is 51.7 Å². The fourth-order valence-electron chi connectivity index (χ4n) is 3.45. The van der Waals surface area contributed by atoms with Crippen LogP contribution in [0, 0.1) is 11.8 Å². The lowest BCUT2D eigenvalue weighted by Crippen LogP contribution is -2.47. The predicted molar refractivity (Wildman–Crippen MR) is 114 cm³/mol. The molecule has 0 aliphatic carbocycles. The Kier molecular flexibility index (Phi) is 12.2. The van der Waals surface area contributed by atoms with Crippen molar-refractivity contribution in [2.75, 3.05) is 52.6 Å². The van der Waals surface area contributed by atoms with Crippen molar-refractivity contribution in [3.63, 3.8) is 0 Å². The van der Waals surface area contributed by atoms with Crippen molar-refractivity contribution < 1.29 is 14.3 Å². The van der Waals surface area contributed by atoms with Crippen molar-refractivity contribution in [1.29, 1.82) is 0 Å². The molecule has 2 aliphatic heterocycles. The molecule has 2 heterocycles. The van der Waals surface area contributed by atoms with E-state index in [1.54, 1.807) is 0 Å². The molecule has 2 rings (SSSR count). The molecule has 2 fully saturated rings. The molecule has 1 amide bonds. The van der Waals surface area contributed by atoms with Crippen LogP contribution in [-0.4, -0.2) is 69.4 Å². The van der Waals surface area contributed by atoms with Gasteiger partial charge in [-0.1, -0.05) is 0 Å². The van der Waals surface area contributed by atoms with Gasteiger partial charge in [-0.2, -0.15) is 0 Å². The smallest absolute Gasteiger partial charge is 0.217 e. The highest BCUT2D eigenvalue weighted by molar-refractivity contribution is 14.0. The van der Waals surface area contributed by atoms with Gasteiger partial charge in [-0.3, -0.25) is 9.79 Å². The number of aliphatic imine (C=N–C) groups is 1. The summed E-state index contributed by atoms with van der Waals surface area (Å²) in [5, 5.41) is 3.36. The zero-order valence-corrected chi connectivity index (χ0v) is 18.3. The number of nitrogens with one attached hydrogen (secondary N) is 1. The number of carbonyl (C=O) groups is 1. The molecular weight excluding hydrogens is 447 g/mol. The first-order valence-electron chi connectivity index (χ1n) is 9.66. The van der Waals surface area contributed by atoms with Crippen LogP contribution in [0.3, 0.4) is 0 Å². The van der Waals surface area contributed by atoms with Crippen LogP contribution in [0.4, 0.5) is 0 Å². The summed E-state index contributed by atoms with van der Waals surface area (Å²) in [6, 6.07) is 0. The van der Waals surface area contributed by atoms with Crippen molar-refractivity contribution in [1.82, 2.24) is 10.2 Å². The van der Waals surface area contributed by atoms with Gasteiger partial charge in [-0.05, 0) is 38.5 Å². The molecule has 2 aliphatic rings. The van der Waals surface area contributed by atoms with E-state index in [4.69, 9.17) is 20.2 Å². The van der Waals surface area contributed by atoms with Crippen molar-refractivity contribution in [3.8, 4) is 0 Å². The Morgan fingerprint density at radius 2 is 2.23 bits per heavy atom. The molecule has 26 heavy (non-hydrogen) atoms. The van der Waals surface area contributed by atoms with Crippen molar-refractivity contribution in [2.45, 2.75) is 39.0 Å². The number of likely N-dealkylation sites (tertiary alicyclic amines) is 1. The third kappa shape index (κ3) is 8.85. The van der Waals surface area contributed by atoms with Crippen LogP contribution >= 0.6 is 24.0 Å². The van der Waals surface area contributed by atoms with E-state index in [1.165, 1.54) is 0 Å². The maximum Gasteiger partial charge on any atom is 0.217 e. The highest BCUT2D eigenvalue weighted by Gasteiger charge is 2.23. The Hall–Kier alpha value is -0.610. The predicted octanol–water partition coefficient (Wildman–Crippen LogP) is 1.60. The number of rotatable bonds is 9. The number of guanidine groups is 1. The molecule has 0 bridgehead atoms. The summed E-state index contributed by atoms with van der Waals surface area (Å²) < 4.78 is 11.1. The number of amides is 1. The molecule has 8 heteroatoms. The largest absolute Gasteiger partial charge is 0.381 e. The quantitative estimate of drug-likeness (QED) is 0.226. The van der Waals surface area contributed by atoms with E-state index in [2.05, 4.69) is 17.1 Å². The van der Waals surface area contributed by atoms with Gasteiger partial charge < -0.3 is 25.4 Å². The summed E-state index contributed by atoms with van der Waals surface area (Å²) in [5.74, 6) is 1.64. The molecule has 2 saturated heterocycles. The van der Waals surface area contributed by atoms with E-state index in [1.807, 2.05) is 0 Å².